The van der Waals surface area contributed by atoms with Gasteiger partial charge in [0, 0.05) is 0 Å². The summed E-state index contributed by atoms with van der Waals surface area (Å²) in [6, 6.07) is 6.73. The molecule has 0 spiro atoms. The predicted octanol–water partition coefficient (Wildman–Crippen LogP) is 2.41. The highest BCUT2D eigenvalue weighted by Gasteiger charge is 2.37. The number of hydrogen-bond acceptors (Lipinski definition) is 3. The molecule has 0 radical (unpaired) electrons. The number of rotatable bonds is 4. The van der Waals surface area contributed by atoms with Crippen LogP contribution in [0, 0.1) is 17.8 Å². The minimum atomic E-state index is -0.897. The number of nitrogens with one attached hydrogen (secondary N) is 1. The lowest BCUT2D eigenvalue weighted by atomic mass is 9.68. The molecule has 1 saturated carbocycles. The van der Waals surface area contributed by atoms with Gasteiger partial charge in [0.05, 0.1) is 5.56 Å². The van der Waals surface area contributed by atoms with Crippen LogP contribution in [0.2, 0.25) is 0 Å². The molecular weight excluding hydrogens is 294 g/mol. The van der Waals surface area contributed by atoms with Crippen LogP contribution in [0.4, 0.5) is 0 Å². The molecule has 5 heteroatoms. The molecule has 4 atom stereocenters. The predicted molar refractivity (Wildman–Crippen MR) is 85.5 cm³/mol. The number of aliphatic carboxylic acids is 1. The summed E-state index contributed by atoms with van der Waals surface area (Å²) in [5.74, 6) is 0.0337. The van der Waals surface area contributed by atoms with E-state index < -0.39 is 18.0 Å². The lowest BCUT2D eigenvalue weighted by molar-refractivity contribution is -0.141. The van der Waals surface area contributed by atoms with E-state index in [0.29, 0.717) is 23.3 Å². The molecule has 2 fully saturated rings. The quantitative estimate of drug-likeness (QED) is 0.794. The van der Waals surface area contributed by atoms with Crippen LogP contribution < -0.4 is 5.32 Å². The monoisotopic (exact) mass is 317 g/mol. The number of fused-ring (bicyclic) bond motifs is 1. The normalized spacial score (nSPS) is 30.4. The Hall–Kier alpha value is -1.88. The molecule has 0 amide bonds. The van der Waals surface area contributed by atoms with Crippen molar-refractivity contribution >= 4 is 11.9 Å². The molecule has 23 heavy (non-hydrogen) atoms. The maximum absolute atomic E-state index is 11.2. The highest BCUT2D eigenvalue weighted by Crippen LogP contribution is 2.39. The van der Waals surface area contributed by atoms with Gasteiger partial charge in [0.15, 0.2) is 0 Å². The number of aromatic carboxylic acids is 1. The first-order valence-electron chi connectivity index (χ1n) is 8.31. The molecule has 2 aliphatic rings. The van der Waals surface area contributed by atoms with E-state index in [4.69, 9.17) is 5.11 Å². The SMILES string of the molecule is O=C(O)c1ccc(C[C@H]2CCC3CN[C@H](C(=O)O)C[C@H]3C2)cc1. The Balaban J connectivity index is 1.59. The van der Waals surface area contributed by atoms with Crippen LogP contribution >= 0.6 is 0 Å². The van der Waals surface area contributed by atoms with Gasteiger partial charge >= 0.3 is 11.9 Å². The van der Waals surface area contributed by atoms with Crippen LogP contribution in [0.15, 0.2) is 24.3 Å². The Labute approximate surface area is 135 Å². The summed E-state index contributed by atoms with van der Waals surface area (Å²) < 4.78 is 0. The molecule has 5 nitrogen and oxygen atoms in total. The van der Waals surface area contributed by atoms with Gasteiger partial charge < -0.3 is 15.5 Å². The zero-order valence-electron chi connectivity index (χ0n) is 13.1. The molecule has 1 saturated heterocycles. The van der Waals surface area contributed by atoms with Gasteiger partial charge in [0.2, 0.25) is 0 Å². The van der Waals surface area contributed by atoms with Crippen molar-refractivity contribution in [3.63, 3.8) is 0 Å². The minimum absolute atomic E-state index is 0.320. The Morgan fingerprint density at radius 1 is 1.04 bits per heavy atom. The first-order valence-corrected chi connectivity index (χ1v) is 8.31. The maximum Gasteiger partial charge on any atom is 0.335 e. The lowest BCUT2D eigenvalue weighted by Crippen LogP contribution is -2.49. The van der Waals surface area contributed by atoms with E-state index in [1.54, 1.807) is 12.1 Å². The molecule has 0 aromatic heterocycles. The van der Waals surface area contributed by atoms with E-state index in [1.807, 2.05) is 12.1 Å². The molecule has 1 heterocycles. The van der Waals surface area contributed by atoms with Gasteiger partial charge in [-0.05, 0) is 74.1 Å². The van der Waals surface area contributed by atoms with Crippen LogP contribution in [-0.2, 0) is 11.2 Å². The Morgan fingerprint density at radius 3 is 2.43 bits per heavy atom. The minimum Gasteiger partial charge on any atom is -0.480 e. The molecule has 0 bridgehead atoms. The summed E-state index contributed by atoms with van der Waals surface area (Å²) in [5, 5.41) is 21.3. The molecule has 3 N–H and O–H groups in total. The third-order valence-corrected chi connectivity index (χ3v) is 5.44. The van der Waals surface area contributed by atoms with Crippen LogP contribution in [0.25, 0.3) is 0 Å². The van der Waals surface area contributed by atoms with E-state index in [1.165, 1.54) is 12.0 Å². The fourth-order valence-corrected chi connectivity index (χ4v) is 4.15. The molecule has 1 aliphatic heterocycles. The second-order valence-corrected chi connectivity index (χ2v) is 6.94. The smallest absolute Gasteiger partial charge is 0.335 e. The van der Waals surface area contributed by atoms with Gasteiger partial charge in [-0.15, -0.1) is 0 Å². The van der Waals surface area contributed by atoms with Crippen molar-refractivity contribution in [2.45, 2.75) is 38.1 Å². The zero-order chi connectivity index (χ0) is 16.4. The van der Waals surface area contributed by atoms with Gasteiger partial charge in [-0.3, -0.25) is 4.79 Å². The highest BCUT2D eigenvalue weighted by molar-refractivity contribution is 5.87. The van der Waals surface area contributed by atoms with E-state index >= 15 is 0 Å². The van der Waals surface area contributed by atoms with E-state index in [0.717, 1.165) is 32.2 Å². The molecule has 124 valence electrons. The fourth-order valence-electron chi connectivity index (χ4n) is 4.15. The average Bonchev–Trinajstić information content (AvgIpc) is 2.54. The average molecular weight is 317 g/mol. The summed E-state index contributed by atoms with van der Waals surface area (Å²) in [6.45, 7) is 0.821. The van der Waals surface area contributed by atoms with Crippen molar-refractivity contribution in [3.05, 3.63) is 35.4 Å². The third kappa shape index (κ3) is 3.72. The molecular formula is C18H23NO4. The summed E-state index contributed by atoms with van der Waals surface area (Å²) in [6.07, 6.45) is 5.09. The first-order chi connectivity index (χ1) is 11.0. The van der Waals surface area contributed by atoms with E-state index in [-0.39, 0.29) is 0 Å². The van der Waals surface area contributed by atoms with Crippen LogP contribution in [0.5, 0.6) is 0 Å². The second kappa shape index (κ2) is 6.71. The third-order valence-electron chi connectivity index (χ3n) is 5.44. The maximum atomic E-state index is 11.2. The van der Waals surface area contributed by atoms with Crippen LogP contribution in [0.3, 0.4) is 0 Å². The van der Waals surface area contributed by atoms with E-state index in [2.05, 4.69) is 5.32 Å². The molecule has 3 rings (SSSR count). The van der Waals surface area contributed by atoms with Gasteiger partial charge in [0.1, 0.15) is 6.04 Å². The number of carbonyl (C=O) groups is 2. The number of benzene rings is 1. The fraction of sp³-hybridized carbons (Fsp3) is 0.556. The highest BCUT2D eigenvalue weighted by atomic mass is 16.4. The van der Waals surface area contributed by atoms with Crippen molar-refractivity contribution in [3.8, 4) is 0 Å². The second-order valence-electron chi connectivity index (χ2n) is 6.94. The lowest BCUT2D eigenvalue weighted by Gasteiger charge is -2.41. The van der Waals surface area contributed by atoms with Crippen molar-refractivity contribution in [2.75, 3.05) is 6.54 Å². The van der Waals surface area contributed by atoms with Gasteiger partial charge in [-0.25, -0.2) is 4.79 Å². The standard InChI is InChI=1S/C18H23NO4/c20-17(21)13-4-1-11(2-5-13)7-12-3-6-14-10-19-16(18(22)23)9-15(14)8-12/h1-2,4-5,12,14-16,19H,3,6-10H2,(H,20,21)(H,22,23)/t12-,14?,15-,16+/m1/s1. The number of hydrogen-bond donors (Lipinski definition) is 3. The largest absolute Gasteiger partial charge is 0.480 e. The van der Waals surface area contributed by atoms with Crippen LogP contribution in [-0.4, -0.2) is 34.7 Å². The first kappa shape index (κ1) is 16.0. The van der Waals surface area contributed by atoms with Crippen molar-refractivity contribution in [1.82, 2.24) is 5.32 Å². The summed E-state index contributed by atoms with van der Waals surface area (Å²) in [4.78, 5) is 22.1. The Bertz CT molecular complexity index is 583. The summed E-state index contributed by atoms with van der Waals surface area (Å²) in [7, 11) is 0. The summed E-state index contributed by atoms with van der Waals surface area (Å²) >= 11 is 0. The number of carboxylic acid groups (broad SMARTS) is 2. The summed E-state index contributed by atoms with van der Waals surface area (Å²) in [5.41, 5.74) is 1.49. The Kier molecular flexibility index (Phi) is 4.66. The molecule has 1 aromatic rings. The Morgan fingerprint density at radius 2 is 1.78 bits per heavy atom. The molecule has 1 aliphatic carbocycles. The van der Waals surface area contributed by atoms with Crippen molar-refractivity contribution in [1.29, 1.82) is 0 Å². The van der Waals surface area contributed by atoms with Crippen molar-refractivity contribution < 1.29 is 19.8 Å². The molecule has 1 aromatic carbocycles. The number of carboxylic acids is 2. The van der Waals surface area contributed by atoms with Gasteiger partial charge in [0.25, 0.3) is 0 Å². The van der Waals surface area contributed by atoms with Crippen LogP contribution in [0.1, 0.15) is 41.6 Å². The topological polar surface area (TPSA) is 86.6 Å². The zero-order valence-corrected chi connectivity index (χ0v) is 13.1. The van der Waals surface area contributed by atoms with E-state index in [9.17, 15) is 14.7 Å². The number of piperidine rings is 1. The molecule has 1 unspecified atom stereocenters. The van der Waals surface area contributed by atoms with Gasteiger partial charge in [-0.2, -0.15) is 0 Å². The van der Waals surface area contributed by atoms with Gasteiger partial charge in [-0.1, -0.05) is 12.1 Å². The van der Waals surface area contributed by atoms with Crippen molar-refractivity contribution in [2.24, 2.45) is 17.8 Å².